The Hall–Kier alpha value is -2.14. The number of carbonyl (C=O) groups excluding carboxylic acids is 1. The summed E-state index contributed by atoms with van der Waals surface area (Å²) in [5, 5.41) is 0. The Bertz CT molecular complexity index is 749. The van der Waals surface area contributed by atoms with E-state index in [0.29, 0.717) is 5.92 Å². The van der Waals surface area contributed by atoms with Gasteiger partial charge in [-0.1, -0.05) is 62.4 Å². The average Bonchev–Trinajstić information content (AvgIpc) is 3.14. The molecule has 1 aliphatic carbocycles. The van der Waals surface area contributed by atoms with E-state index < -0.39 is 0 Å². The summed E-state index contributed by atoms with van der Waals surface area (Å²) in [4.78, 5) is 19.4. The van der Waals surface area contributed by atoms with E-state index in [4.69, 9.17) is 10.7 Å². The van der Waals surface area contributed by atoms with Gasteiger partial charge in [-0.2, -0.15) is 0 Å². The standard InChI is InChI=1S/C21H28N4O/c22-14-20(26)25-12-11-24-15-18(17-9-5-2-6-10-17)23-21(24)19(25)13-16-7-3-1-4-8-16/h2,5-6,9-10,15-16,19H,1,3-4,7-8,11-14,22H2/t19-/m0/s1. The average molecular weight is 352 g/mol. The maximum atomic E-state index is 12.5. The first-order chi connectivity index (χ1) is 12.8. The van der Waals surface area contributed by atoms with Crippen LogP contribution in [0.2, 0.25) is 0 Å². The minimum atomic E-state index is 0.0429. The van der Waals surface area contributed by atoms with Crippen LogP contribution in [0.1, 0.15) is 50.4 Å². The molecule has 0 radical (unpaired) electrons. The summed E-state index contributed by atoms with van der Waals surface area (Å²) in [6.45, 7) is 1.60. The molecule has 2 aliphatic rings. The quantitative estimate of drug-likeness (QED) is 0.917. The second-order valence-electron chi connectivity index (χ2n) is 7.59. The van der Waals surface area contributed by atoms with E-state index in [0.717, 1.165) is 36.6 Å². The van der Waals surface area contributed by atoms with Gasteiger partial charge in [0.1, 0.15) is 5.82 Å². The third-order valence-electron chi connectivity index (χ3n) is 5.91. The highest BCUT2D eigenvalue weighted by Crippen LogP contribution is 2.37. The molecular formula is C21H28N4O. The lowest BCUT2D eigenvalue weighted by atomic mass is 9.84. The molecule has 26 heavy (non-hydrogen) atoms. The van der Waals surface area contributed by atoms with E-state index in [1.807, 2.05) is 23.1 Å². The van der Waals surface area contributed by atoms with Crippen LogP contribution in [0.3, 0.4) is 0 Å². The molecule has 5 heteroatoms. The highest BCUT2D eigenvalue weighted by molar-refractivity contribution is 5.78. The van der Waals surface area contributed by atoms with Gasteiger partial charge in [-0.15, -0.1) is 0 Å². The van der Waals surface area contributed by atoms with Crippen LogP contribution >= 0.6 is 0 Å². The topological polar surface area (TPSA) is 64.2 Å². The fraction of sp³-hybridized carbons (Fsp3) is 0.524. The number of nitrogens with zero attached hydrogens (tertiary/aromatic N) is 3. The molecule has 2 heterocycles. The fourth-order valence-corrected chi connectivity index (χ4v) is 4.52. The number of fused-ring (bicyclic) bond motifs is 1. The largest absolute Gasteiger partial charge is 0.331 e. The fourth-order valence-electron chi connectivity index (χ4n) is 4.52. The van der Waals surface area contributed by atoms with Crippen molar-refractivity contribution in [3.05, 3.63) is 42.4 Å². The van der Waals surface area contributed by atoms with E-state index in [9.17, 15) is 4.79 Å². The summed E-state index contributed by atoms with van der Waals surface area (Å²) < 4.78 is 2.25. The molecule has 1 atom stereocenters. The van der Waals surface area contributed by atoms with Gasteiger partial charge in [-0.05, 0) is 12.3 Å². The van der Waals surface area contributed by atoms with E-state index in [1.54, 1.807) is 0 Å². The first-order valence-electron chi connectivity index (χ1n) is 9.88. The molecular weight excluding hydrogens is 324 g/mol. The first kappa shape index (κ1) is 17.3. The molecule has 4 rings (SSSR count). The van der Waals surface area contributed by atoms with Crippen LogP contribution in [0.25, 0.3) is 11.3 Å². The van der Waals surface area contributed by atoms with Gasteiger partial charge < -0.3 is 15.2 Å². The van der Waals surface area contributed by atoms with Crippen molar-refractivity contribution in [2.75, 3.05) is 13.1 Å². The molecule has 1 aliphatic heterocycles. The molecule has 0 saturated heterocycles. The van der Waals surface area contributed by atoms with E-state index in [2.05, 4.69) is 22.9 Å². The van der Waals surface area contributed by atoms with Crippen LogP contribution in [0.4, 0.5) is 0 Å². The van der Waals surface area contributed by atoms with E-state index in [-0.39, 0.29) is 18.5 Å². The third kappa shape index (κ3) is 3.40. The van der Waals surface area contributed by atoms with Crippen molar-refractivity contribution in [2.24, 2.45) is 11.7 Å². The number of amides is 1. The number of nitrogens with two attached hydrogens (primary N) is 1. The zero-order valence-electron chi connectivity index (χ0n) is 15.3. The van der Waals surface area contributed by atoms with E-state index in [1.165, 1.54) is 32.1 Å². The van der Waals surface area contributed by atoms with Crippen molar-refractivity contribution in [1.82, 2.24) is 14.5 Å². The SMILES string of the molecule is NCC(=O)N1CCn2cc(-c3ccccc3)nc2[C@@H]1CC1CCCCC1. The Labute approximate surface area is 155 Å². The van der Waals surface area contributed by atoms with Gasteiger partial charge in [0, 0.05) is 24.8 Å². The number of imidazole rings is 1. The second-order valence-corrected chi connectivity index (χ2v) is 7.59. The molecule has 0 spiro atoms. The Morgan fingerprint density at radius 1 is 1.12 bits per heavy atom. The van der Waals surface area contributed by atoms with Crippen LogP contribution in [0.15, 0.2) is 36.5 Å². The smallest absolute Gasteiger partial charge is 0.236 e. The Morgan fingerprint density at radius 2 is 1.88 bits per heavy atom. The van der Waals surface area contributed by atoms with Crippen molar-refractivity contribution in [2.45, 2.75) is 51.1 Å². The normalized spacial score (nSPS) is 20.8. The Morgan fingerprint density at radius 3 is 2.62 bits per heavy atom. The van der Waals surface area contributed by atoms with Gasteiger partial charge in [0.15, 0.2) is 0 Å². The van der Waals surface area contributed by atoms with Crippen LogP contribution < -0.4 is 5.73 Å². The van der Waals surface area contributed by atoms with Gasteiger partial charge >= 0.3 is 0 Å². The number of hydrogen-bond donors (Lipinski definition) is 1. The summed E-state index contributed by atoms with van der Waals surface area (Å²) in [6, 6.07) is 10.3. The number of rotatable bonds is 4. The predicted molar refractivity (Wildman–Crippen MR) is 102 cm³/mol. The predicted octanol–water partition coefficient (Wildman–Crippen LogP) is 3.36. The lowest BCUT2D eigenvalue weighted by molar-refractivity contribution is -0.133. The molecule has 1 amide bonds. The summed E-state index contributed by atoms with van der Waals surface area (Å²) in [6.07, 6.45) is 9.66. The minimum Gasteiger partial charge on any atom is -0.331 e. The summed E-state index contributed by atoms with van der Waals surface area (Å²) in [5.74, 6) is 1.76. The molecule has 0 bridgehead atoms. The lowest BCUT2D eigenvalue weighted by Crippen LogP contribution is -2.45. The van der Waals surface area contributed by atoms with Crippen molar-refractivity contribution in [3.8, 4) is 11.3 Å². The van der Waals surface area contributed by atoms with Gasteiger partial charge in [-0.25, -0.2) is 4.98 Å². The highest BCUT2D eigenvalue weighted by Gasteiger charge is 2.34. The molecule has 2 N–H and O–H groups in total. The molecule has 1 aromatic heterocycles. The zero-order valence-corrected chi connectivity index (χ0v) is 15.3. The maximum Gasteiger partial charge on any atom is 0.236 e. The van der Waals surface area contributed by atoms with Gasteiger partial charge in [0.05, 0.1) is 18.3 Å². The maximum absolute atomic E-state index is 12.5. The highest BCUT2D eigenvalue weighted by atomic mass is 16.2. The zero-order chi connectivity index (χ0) is 17.9. The van der Waals surface area contributed by atoms with Crippen LogP contribution in [0, 0.1) is 5.92 Å². The molecule has 1 aromatic carbocycles. The third-order valence-corrected chi connectivity index (χ3v) is 5.91. The number of carbonyl (C=O) groups is 1. The van der Waals surface area contributed by atoms with Crippen LogP contribution in [0.5, 0.6) is 0 Å². The second kappa shape index (κ2) is 7.62. The number of benzene rings is 1. The summed E-state index contributed by atoms with van der Waals surface area (Å²) in [7, 11) is 0. The number of hydrogen-bond acceptors (Lipinski definition) is 3. The van der Waals surface area contributed by atoms with Crippen molar-refractivity contribution in [1.29, 1.82) is 0 Å². The van der Waals surface area contributed by atoms with Crippen molar-refractivity contribution in [3.63, 3.8) is 0 Å². The van der Waals surface area contributed by atoms with Gasteiger partial charge in [0.25, 0.3) is 0 Å². The summed E-state index contributed by atoms with van der Waals surface area (Å²) in [5.41, 5.74) is 7.82. The van der Waals surface area contributed by atoms with Crippen molar-refractivity contribution >= 4 is 5.91 Å². The van der Waals surface area contributed by atoms with Crippen LogP contribution in [-0.4, -0.2) is 33.4 Å². The first-order valence-corrected chi connectivity index (χ1v) is 9.88. The molecule has 1 fully saturated rings. The molecule has 0 unspecified atom stereocenters. The van der Waals surface area contributed by atoms with E-state index >= 15 is 0 Å². The summed E-state index contributed by atoms with van der Waals surface area (Å²) >= 11 is 0. The molecule has 1 saturated carbocycles. The molecule has 138 valence electrons. The monoisotopic (exact) mass is 352 g/mol. The lowest BCUT2D eigenvalue weighted by Gasteiger charge is -2.38. The van der Waals surface area contributed by atoms with Gasteiger partial charge in [-0.3, -0.25) is 4.79 Å². The number of aromatic nitrogens is 2. The molecule has 5 nitrogen and oxygen atoms in total. The Balaban J connectivity index is 1.65. The Kier molecular flexibility index (Phi) is 5.07. The van der Waals surface area contributed by atoms with Crippen LogP contribution in [-0.2, 0) is 11.3 Å². The minimum absolute atomic E-state index is 0.0429. The van der Waals surface area contributed by atoms with Gasteiger partial charge in [0.2, 0.25) is 5.91 Å². The molecule has 2 aromatic rings. The van der Waals surface area contributed by atoms with Crippen molar-refractivity contribution < 1.29 is 4.79 Å².